The SMILES string of the molecule is BC(B)(B)/N=c1\c(F)cn(S(=O)(=O)c2ccccc2)c(=O)n1C(B)(B)B. The van der Waals surface area contributed by atoms with Gasteiger partial charge in [-0.25, -0.2) is 17.6 Å². The molecule has 1 aromatic carbocycles. The van der Waals surface area contributed by atoms with Crippen LogP contribution in [0.1, 0.15) is 0 Å². The Bertz CT molecular complexity index is 1050. The maximum absolute atomic E-state index is 14.9. The average Bonchev–Trinajstić information content (AvgIpc) is 2.48. The molecule has 0 saturated carbocycles. The van der Waals surface area contributed by atoms with Crippen LogP contribution in [0.4, 0.5) is 4.39 Å². The van der Waals surface area contributed by atoms with E-state index in [9.17, 15) is 17.6 Å². The van der Waals surface area contributed by atoms with Crippen LogP contribution in [0.3, 0.4) is 0 Å². The van der Waals surface area contributed by atoms with Crippen molar-refractivity contribution < 1.29 is 12.8 Å². The van der Waals surface area contributed by atoms with E-state index in [2.05, 4.69) is 4.99 Å². The van der Waals surface area contributed by atoms with Gasteiger partial charge in [-0.05, 0) is 22.6 Å². The Labute approximate surface area is 157 Å². The Morgan fingerprint density at radius 2 is 1.54 bits per heavy atom. The lowest BCUT2D eigenvalue weighted by Gasteiger charge is -2.25. The van der Waals surface area contributed by atoms with Crippen LogP contribution in [0, 0.1) is 5.82 Å². The number of benzene rings is 1. The summed E-state index contributed by atoms with van der Waals surface area (Å²) in [5, 5.41) is -1.53. The van der Waals surface area contributed by atoms with E-state index in [4.69, 9.17) is 0 Å². The molecule has 1 heterocycles. The third-order valence-corrected chi connectivity index (χ3v) is 5.10. The zero-order valence-electron chi connectivity index (χ0n) is 15.8. The van der Waals surface area contributed by atoms with Crippen LogP contribution in [0.5, 0.6) is 0 Å². The topological polar surface area (TPSA) is 73.4 Å². The van der Waals surface area contributed by atoms with Gasteiger partial charge in [-0.1, -0.05) is 18.2 Å². The lowest BCUT2D eigenvalue weighted by molar-refractivity contribution is 0.519. The van der Waals surface area contributed by atoms with Gasteiger partial charge in [0.25, 0.3) is 10.0 Å². The second-order valence-electron chi connectivity index (χ2n) is 7.99. The van der Waals surface area contributed by atoms with Crippen molar-refractivity contribution in [1.82, 2.24) is 8.54 Å². The zero-order chi connectivity index (χ0) is 19.9. The molecular formula is C12H18B6FN3O3S. The van der Waals surface area contributed by atoms with Crippen molar-refractivity contribution in [3.63, 3.8) is 0 Å². The number of hydrogen-bond donors (Lipinski definition) is 0. The number of rotatable bonds is 4. The van der Waals surface area contributed by atoms with Crippen molar-refractivity contribution >= 4 is 57.1 Å². The fraction of sp³-hybridized carbons (Fsp3) is 0.167. The van der Waals surface area contributed by atoms with Crippen LogP contribution in [0.2, 0.25) is 0 Å². The molecule has 0 amide bonds. The van der Waals surface area contributed by atoms with Gasteiger partial charge in [-0.15, -0.1) is 0 Å². The number of aromatic nitrogens is 2. The van der Waals surface area contributed by atoms with Gasteiger partial charge in [0.2, 0.25) is 0 Å². The molecule has 1 aromatic heterocycles. The van der Waals surface area contributed by atoms with E-state index in [1.54, 1.807) is 53.1 Å². The van der Waals surface area contributed by atoms with E-state index in [0.717, 1.165) is 4.57 Å². The predicted octanol–water partition coefficient (Wildman–Crippen LogP) is -6.10. The third-order valence-electron chi connectivity index (χ3n) is 3.45. The Kier molecular flexibility index (Phi) is 5.29. The maximum Gasteiger partial charge on any atom is 0.342 e. The smallest absolute Gasteiger partial charge is 0.293 e. The minimum Gasteiger partial charge on any atom is -0.293 e. The molecule has 0 aliphatic carbocycles. The summed E-state index contributed by atoms with van der Waals surface area (Å²) in [4.78, 5) is 17.2. The first-order valence-electron chi connectivity index (χ1n) is 8.16. The molecule has 0 aliphatic rings. The molecule has 0 radical (unpaired) electrons. The second-order valence-corrected chi connectivity index (χ2v) is 9.80. The van der Waals surface area contributed by atoms with E-state index in [-0.39, 0.29) is 10.4 Å². The first-order valence-corrected chi connectivity index (χ1v) is 9.60. The molecule has 14 heteroatoms. The van der Waals surface area contributed by atoms with Crippen molar-refractivity contribution in [1.29, 1.82) is 0 Å². The van der Waals surface area contributed by atoms with Gasteiger partial charge in [0.15, 0.2) is 11.3 Å². The van der Waals surface area contributed by atoms with Crippen LogP contribution in [0.15, 0.2) is 51.2 Å². The number of hydrogen-bond acceptors (Lipinski definition) is 4. The fourth-order valence-electron chi connectivity index (χ4n) is 2.42. The second kappa shape index (κ2) is 6.72. The Morgan fingerprint density at radius 1 is 1.00 bits per heavy atom. The fourth-order valence-corrected chi connectivity index (χ4v) is 3.66. The Balaban J connectivity index is 2.97. The molecule has 0 aliphatic heterocycles. The monoisotopic (exact) mass is 369 g/mol. The molecule has 0 fully saturated rings. The molecule has 0 unspecified atom stereocenters. The predicted molar refractivity (Wildman–Crippen MR) is 115 cm³/mol. The van der Waals surface area contributed by atoms with Gasteiger partial charge in [0.05, 0.1) is 11.1 Å². The molecular weight excluding hydrogens is 350 g/mol. The first-order chi connectivity index (χ1) is 11.7. The highest BCUT2D eigenvalue weighted by atomic mass is 32.2. The third kappa shape index (κ3) is 4.11. The quantitative estimate of drug-likeness (QED) is 0.505. The molecule has 0 saturated heterocycles. The van der Waals surface area contributed by atoms with E-state index in [0.29, 0.717) is 10.2 Å². The standard InChI is InChI=1S/C12H18B6FN3O3S/c13-11(14,15)20-9-8(19)6-21(10(23)22(9)12(16,17)18)26(24,25)7-4-2-1-3-5-7/h1-6H,13-18H2/b20-9+. The highest BCUT2D eigenvalue weighted by Gasteiger charge is 2.27. The number of nitrogens with zero attached hydrogens (tertiary/aromatic N) is 3. The van der Waals surface area contributed by atoms with Gasteiger partial charge < -0.3 is 0 Å². The highest BCUT2D eigenvalue weighted by molar-refractivity contribution is 7.90. The lowest BCUT2D eigenvalue weighted by Crippen LogP contribution is -2.56. The molecule has 0 N–H and O–H groups in total. The first kappa shape index (κ1) is 20.5. The van der Waals surface area contributed by atoms with E-state index in [1.165, 1.54) is 24.3 Å². The summed E-state index contributed by atoms with van der Waals surface area (Å²) in [6, 6.07) is 7.44. The van der Waals surface area contributed by atoms with Crippen molar-refractivity contribution in [3.05, 3.63) is 58.3 Å². The molecule has 130 valence electrons. The summed E-state index contributed by atoms with van der Waals surface area (Å²) in [6.45, 7) is 0. The zero-order valence-corrected chi connectivity index (χ0v) is 16.6. The molecule has 6 nitrogen and oxygen atoms in total. The number of halogens is 1. The molecule has 0 spiro atoms. The van der Waals surface area contributed by atoms with E-state index in [1.807, 2.05) is 0 Å². The van der Waals surface area contributed by atoms with Crippen LogP contribution in [-0.4, -0.2) is 69.3 Å². The van der Waals surface area contributed by atoms with Gasteiger partial charge >= 0.3 is 5.69 Å². The van der Waals surface area contributed by atoms with Crippen LogP contribution >= 0.6 is 0 Å². The van der Waals surface area contributed by atoms with E-state index >= 15 is 0 Å². The highest BCUT2D eigenvalue weighted by Crippen LogP contribution is 2.11. The van der Waals surface area contributed by atoms with Crippen LogP contribution in [0.25, 0.3) is 0 Å². The van der Waals surface area contributed by atoms with Gasteiger partial charge in [-0.2, -0.15) is 3.97 Å². The average molecular weight is 368 g/mol. The van der Waals surface area contributed by atoms with Crippen LogP contribution < -0.4 is 11.2 Å². The largest absolute Gasteiger partial charge is 0.342 e. The van der Waals surface area contributed by atoms with Crippen molar-refractivity contribution in [2.45, 2.75) is 15.4 Å². The van der Waals surface area contributed by atoms with E-state index < -0.39 is 32.0 Å². The minimum absolute atomic E-state index is 0.0949. The van der Waals surface area contributed by atoms with Crippen molar-refractivity contribution in [2.75, 3.05) is 0 Å². The summed E-state index contributed by atoms with van der Waals surface area (Å²) >= 11 is 0. The van der Waals surface area contributed by atoms with Crippen molar-refractivity contribution in [3.8, 4) is 0 Å². The van der Waals surface area contributed by atoms with Crippen LogP contribution in [-0.2, 0) is 15.3 Å². The molecule has 26 heavy (non-hydrogen) atoms. The summed E-state index contributed by atoms with van der Waals surface area (Å²) < 4.78 is 42.0. The minimum atomic E-state index is -4.23. The van der Waals surface area contributed by atoms with Gasteiger partial charge in [0, 0.05) is 0 Å². The van der Waals surface area contributed by atoms with Gasteiger partial charge in [-0.3, -0.25) is 9.56 Å². The van der Waals surface area contributed by atoms with Crippen molar-refractivity contribution in [2.24, 2.45) is 4.99 Å². The summed E-state index contributed by atoms with van der Waals surface area (Å²) in [7, 11) is 6.14. The Hall–Kier alpha value is -1.83. The maximum atomic E-state index is 14.9. The molecule has 0 bridgehead atoms. The molecule has 2 aromatic rings. The summed E-state index contributed by atoms with van der Waals surface area (Å²) in [6.07, 6.45) is 0.692. The van der Waals surface area contributed by atoms with Gasteiger partial charge in [0.1, 0.15) is 47.1 Å². The molecule has 0 atom stereocenters. The normalized spacial score (nSPS) is 13.7. The Morgan fingerprint density at radius 3 is 2.00 bits per heavy atom. The summed E-state index contributed by atoms with van der Waals surface area (Å²) in [5.41, 5.74) is -1.04. The molecule has 2 rings (SSSR count). The summed E-state index contributed by atoms with van der Waals surface area (Å²) in [5.74, 6) is -0.881. The lowest BCUT2D eigenvalue weighted by atomic mass is 9.49.